The van der Waals surface area contributed by atoms with Gasteiger partial charge in [-0.1, -0.05) is 58.4 Å². The fourth-order valence-corrected chi connectivity index (χ4v) is 4.99. The third-order valence-corrected chi connectivity index (χ3v) is 7.07. The molecule has 0 saturated heterocycles. The molecule has 1 aliphatic heterocycles. The van der Waals surface area contributed by atoms with Crippen LogP contribution < -0.4 is 10.6 Å². The van der Waals surface area contributed by atoms with Gasteiger partial charge in [0.2, 0.25) is 0 Å². The first-order chi connectivity index (χ1) is 17.4. The van der Waals surface area contributed by atoms with Gasteiger partial charge >= 0.3 is 11.9 Å². The summed E-state index contributed by atoms with van der Waals surface area (Å²) in [4.78, 5) is 23.6. The zero-order chi connectivity index (χ0) is 26.2. The van der Waals surface area contributed by atoms with Crippen LogP contribution in [0.25, 0.3) is 5.32 Å². The van der Waals surface area contributed by atoms with E-state index in [1.54, 1.807) is 13.8 Å². The molecule has 0 aromatic carbocycles. The molecule has 211 valence electrons. The zero-order valence-corrected chi connectivity index (χ0v) is 23.7. The molecule has 4 atom stereocenters. The van der Waals surface area contributed by atoms with Gasteiger partial charge in [0.05, 0.1) is 11.4 Å². The first-order valence-electron chi connectivity index (χ1n) is 13.8. The van der Waals surface area contributed by atoms with Crippen LogP contribution in [0.4, 0.5) is 0 Å². The number of carboxylic acids is 2. The van der Waals surface area contributed by atoms with Crippen molar-refractivity contribution in [2.45, 2.75) is 116 Å². The monoisotopic (exact) mass is 557 g/mol. The molecule has 2 heterocycles. The van der Waals surface area contributed by atoms with Gasteiger partial charge in [0.15, 0.2) is 0 Å². The van der Waals surface area contributed by atoms with E-state index in [1.807, 2.05) is 0 Å². The van der Waals surface area contributed by atoms with E-state index >= 15 is 0 Å². The maximum absolute atomic E-state index is 9.37. The van der Waals surface area contributed by atoms with Crippen LogP contribution in [0.3, 0.4) is 0 Å². The van der Waals surface area contributed by atoms with Crippen LogP contribution in [-0.2, 0) is 39.7 Å². The molecule has 4 N–H and O–H groups in total. The number of carbonyl (C=O) groups is 2. The van der Waals surface area contributed by atoms with Gasteiger partial charge in [0.1, 0.15) is 0 Å². The molecule has 2 saturated carbocycles. The Morgan fingerprint density at radius 2 is 1.43 bits per heavy atom. The minimum atomic E-state index is -0.745. The second-order valence-corrected chi connectivity index (χ2v) is 9.82. The predicted octanol–water partition coefficient (Wildman–Crippen LogP) is 5.07. The fraction of sp³-hybridized carbons (Fsp3) is 0.714. The van der Waals surface area contributed by atoms with Gasteiger partial charge in [-0.25, -0.2) is 0 Å². The number of rotatable bonds is 2. The van der Waals surface area contributed by atoms with Crippen molar-refractivity contribution in [1.29, 1.82) is 0 Å². The minimum absolute atomic E-state index is 0. The van der Waals surface area contributed by atoms with Crippen LogP contribution in [0.5, 0.6) is 0 Å². The Balaban J connectivity index is 0.000000534. The van der Waals surface area contributed by atoms with Gasteiger partial charge < -0.3 is 32.6 Å². The van der Waals surface area contributed by atoms with Crippen molar-refractivity contribution in [3.63, 3.8) is 0 Å². The maximum Gasteiger partial charge on any atom is 0.303 e. The van der Waals surface area contributed by atoms with Gasteiger partial charge in [0.25, 0.3) is 0 Å². The molecule has 0 unspecified atom stereocenters. The molecule has 4 rings (SSSR count). The van der Waals surface area contributed by atoms with Crippen LogP contribution >= 0.6 is 0 Å². The normalized spacial score (nSPS) is 25.9. The topological polar surface area (TPSA) is 126 Å². The molecule has 2 aliphatic carbocycles. The minimum Gasteiger partial charge on any atom is -0.660 e. The van der Waals surface area contributed by atoms with E-state index in [4.69, 9.17) is 20.5 Å². The maximum atomic E-state index is 9.37. The number of pyridine rings is 1. The van der Waals surface area contributed by atoms with E-state index in [0.717, 1.165) is 31.7 Å². The van der Waals surface area contributed by atoms with E-state index in [1.165, 1.54) is 57.1 Å². The Hall–Kier alpha value is -1.51. The van der Waals surface area contributed by atoms with Crippen molar-refractivity contribution >= 4 is 11.9 Å². The molecular formula is C28H46MnN4O4-2. The van der Waals surface area contributed by atoms with Crippen molar-refractivity contribution in [2.75, 3.05) is 6.54 Å². The van der Waals surface area contributed by atoms with E-state index in [2.05, 4.69) is 35.3 Å². The third kappa shape index (κ3) is 13.7. The number of hydrogen-bond donors (Lipinski definition) is 4. The summed E-state index contributed by atoms with van der Waals surface area (Å²) in [5, 5.41) is 28.1. The van der Waals surface area contributed by atoms with Gasteiger partial charge in [-0.3, -0.25) is 14.6 Å². The summed E-state index contributed by atoms with van der Waals surface area (Å²) in [7, 11) is 0. The predicted molar refractivity (Wildman–Crippen MR) is 143 cm³/mol. The molecule has 1 radical (unpaired) electrons. The third-order valence-electron chi connectivity index (χ3n) is 7.07. The Morgan fingerprint density at radius 3 is 2.03 bits per heavy atom. The fourth-order valence-electron chi connectivity index (χ4n) is 4.99. The largest absolute Gasteiger partial charge is 0.660 e. The van der Waals surface area contributed by atoms with E-state index < -0.39 is 11.9 Å². The number of carboxylic acid groups (broad SMARTS) is 2. The van der Waals surface area contributed by atoms with Gasteiger partial charge in [-0.15, -0.1) is 6.04 Å². The summed E-state index contributed by atoms with van der Waals surface area (Å²) in [6, 6.07) is 8.10. The average molecular weight is 558 g/mol. The van der Waals surface area contributed by atoms with Crippen molar-refractivity contribution in [3.05, 3.63) is 41.3 Å². The smallest absolute Gasteiger partial charge is 0.303 e. The molecular weight excluding hydrogens is 511 g/mol. The van der Waals surface area contributed by atoms with Crippen LogP contribution in [0.1, 0.15) is 95.9 Å². The zero-order valence-electron chi connectivity index (χ0n) is 22.5. The Kier molecular flexibility index (Phi) is 17.7. The molecule has 1 aromatic heterocycles. The molecule has 9 heteroatoms. The van der Waals surface area contributed by atoms with Crippen molar-refractivity contribution in [1.82, 2.24) is 15.6 Å². The number of hydrogen-bond acceptors (Lipinski definition) is 5. The molecule has 0 amide bonds. The summed E-state index contributed by atoms with van der Waals surface area (Å²) < 4.78 is 0. The number of aromatic nitrogens is 1. The first kappa shape index (κ1) is 33.5. The summed E-state index contributed by atoms with van der Waals surface area (Å²) in [6.45, 7) is 5.95. The van der Waals surface area contributed by atoms with Gasteiger partial charge in [-0.2, -0.15) is 18.9 Å². The molecule has 2 fully saturated rings. The SMILES string of the molecule is CCC(=O)O.CCC(=O)O.[Mn].c1cc2nc(c1)CN[C@@H]1CCCC[C@H]1[N-]CC[CH-][C@@H]1CCCC[C@H]1NC2. The summed E-state index contributed by atoms with van der Waals surface area (Å²) >= 11 is 0. The van der Waals surface area contributed by atoms with E-state index in [9.17, 15) is 9.59 Å². The average Bonchev–Trinajstić information content (AvgIpc) is 2.90. The number of nitrogens with one attached hydrogen (secondary N) is 2. The second kappa shape index (κ2) is 19.5. The molecule has 8 nitrogen and oxygen atoms in total. The van der Waals surface area contributed by atoms with E-state index in [0.29, 0.717) is 24.0 Å². The summed E-state index contributed by atoms with van der Waals surface area (Å²) in [6.07, 6.45) is 14.7. The second-order valence-electron chi connectivity index (χ2n) is 9.82. The summed E-state index contributed by atoms with van der Waals surface area (Å²) in [5.74, 6) is -0.789. The Labute approximate surface area is 233 Å². The molecule has 0 spiro atoms. The van der Waals surface area contributed by atoms with Gasteiger partial charge in [0, 0.05) is 43.0 Å². The standard InChI is InChI=1S/C22H34N4.2C3H6O2.Mn/c1-2-11-20-17(7-1)8-6-14-23-21-12-3-4-13-22(21)25-16-19-10-5-9-18(26-19)15-24-20;2*1-2-3(4)5;/h5,8-10,17,20-22,24-25H,1-4,6-7,11-16H2;2*2H2,1H3,(H,4,5);/q-2;;;/t17-,20+,21+,22+;;;/m0.../s1. The molecule has 37 heavy (non-hydrogen) atoms. The molecule has 1 aromatic rings. The van der Waals surface area contributed by atoms with Crippen LogP contribution in [0.15, 0.2) is 18.2 Å². The number of nitrogens with zero attached hydrogens (tertiary/aromatic N) is 2. The molecule has 2 bridgehead atoms. The quantitative estimate of drug-likeness (QED) is 0.295. The first-order valence-corrected chi connectivity index (χ1v) is 13.8. The number of fused-ring (bicyclic) bond motifs is 4. The van der Waals surface area contributed by atoms with Crippen molar-refractivity contribution in [2.24, 2.45) is 5.92 Å². The van der Waals surface area contributed by atoms with Crippen LogP contribution in [-0.4, -0.2) is 51.8 Å². The van der Waals surface area contributed by atoms with Crippen LogP contribution in [0.2, 0.25) is 0 Å². The van der Waals surface area contributed by atoms with Gasteiger partial charge in [-0.05, 0) is 37.1 Å². The molecule has 3 aliphatic rings. The Morgan fingerprint density at radius 1 is 0.919 bits per heavy atom. The summed E-state index contributed by atoms with van der Waals surface area (Å²) in [5.41, 5.74) is 2.34. The Bertz CT molecular complexity index is 723. The van der Waals surface area contributed by atoms with Crippen molar-refractivity contribution < 1.29 is 36.9 Å². The van der Waals surface area contributed by atoms with E-state index in [-0.39, 0.29) is 29.9 Å². The van der Waals surface area contributed by atoms with Crippen LogP contribution in [0, 0.1) is 12.3 Å². The van der Waals surface area contributed by atoms with Crippen molar-refractivity contribution in [3.8, 4) is 0 Å². The number of aliphatic carboxylic acids is 2.